The fraction of sp³-hybridized carbons (Fsp3) is 0.571. The Labute approximate surface area is 122 Å². The summed E-state index contributed by atoms with van der Waals surface area (Å²) in [5.74, 6) is 1.16. The van der Waals surface area contributed by atoms with Crippen molar-refractivity contribution in [3.8, 4) is 5.75 Å². The van der Waals surface area contributed by atoms with Gasteiger partial charge in [-0.25, -0.2) is 4.39 Å². The first kappa shape index (κ1) is 14.2. The number of ether oxygens (including phenoxy) is 1. The molecule has 1 aliphatic rings. The highest BCUT2D eigenvalue weighted by atomic mass is 79.9. The number of rotatable bonds is 4. The van der Waals surface area contributed by atoms with Crippen LogP contribution < -0.4 is 4.74 Å². The van der Waals surface area contributed by atoms with Crippen LogP contribution in [0.25, 0.3) is 0 Å². The minimum absolute atomic E-state index is 0.172. The first-order valence-corrected chi connectivity index (χ1v) is 7.76. The topological polar surface area (TPSA) is 9.23 Å². The van der Waals surface area contributed by atoms with Gasteiger partial charge in [-0.15, -0.1) is 0 Å². The van der Waals surface area contributed by atoms with Crippen molar-refractivity contribution in [3.63, 3.8) is 0 Å². The van der Waals surface area contributed by atoms with Crippen LogP contribution in [0.4, 0.5) is 4.39 Å². The van der Waals surface area contributed by atoms with Crippen LogP contribution in [0.5, 0.6) is 5.75 Å². The van der Waals surface area contributed by atoms with Crippen molar-refractivity contribution >= 4 is 28.6 Å². The third kappa shape index (κ3) is 3.41. The van der Waals surface area contributed by atoms with Crippen LogP contribution in [0.1, 0.15) is 32.1 Å². The summed E-state index contributed by atoms with van der Waals surface area (Å²) in [6.07, 6.45) is 6.13. The van der Waals surface area contributed by atoms with Gasteiger partial charge in [0.1, 0.15) is 11.6 Å². The molecule has 18 heavy (non-hydrogen) atoms. The van der Waals surface area contributed by atoms with Gasteiger partial charge < -0.3 is 4.74 Å². The van der Waals surface area contributed by atoms with Crippen molar-refractivity contribution in [3.05, 3.63) is 28.5 Å². The van der Waals surface area contributed by atoms with Gasteiger partial charge in [-0.1, -0.05) is 19.3 Å². The standard InChI is InChI=1S/C14H18BrFOS/c15-12-5-4-11(8-13(12)16)17-9-14(10-18)6-2-1-3-7-14/h4-5,8,18H,1-3,6-7,9-10H2. The van der Waals surface area contributed by atoms with Crippen molar-refractivity contribution < 1.29 is 9.13 Å². The number of benzene rings is 1. The summed E-state index contributed by atoms with van der Waals surface area (Å²) in [4.78, 5) is 0. The van der Waals surface area contributed by atoms with Gasteiger partial charge in [0.15, 0.2) is 0 Å². The van der Waals surface area contributed by atoms with E-state index in [-0.39, 0.29) is 11.2 Å². The molecule has 1 aliphatic carbocycles. The molecule has 100 valence electrons. The summed E-state index contributed by atoms with van der Waals surface area (Å²) in [6.45, 7) is 0.636. The van der Waals surface area contributed by atoms with Crippen LogP contribution in [0.3, 0.4) is 0 Å². The van der Waals surface area contributed by atoms with E-state index >= 15 is 0 Å². The summed E-state index contributed by atoms with van der Waals surface area (Å²) < 4.78 is 19.6. The average Bonchev–Trinajstić information content (AvgIpc) is 2.41. The van der Waals surface area contributed by atoms with E-state index in [4.69, 9.17) is 4.74 Å². The van der Waals surface area contributed by atoms with Gasteiger partial charge in [0.25, 0.3) is 0 Å². The van der Waals surface area contributed by atoms with E-state index in [1.54, 1.807) is 12.1 Å². The first-order valence-electron chi connectivity index (χ1n) is 6.34. The van der Waals surface area contributed by atoms with Gasteiger partial charge in [-0.2, -0.15) is 12.6 Å². The molecule has 0 spiro atoms. The lowest BCUT2D eigenvalue weighted by Crippen LogP contribution is -2.32. The maximum atomic E-state index is 13.4. The second-order valence-electron chi connectivity index (χ2n) is 5.08. The fourth-order valence-corrected chi connectivity index (χ4v) is 3.11. The predicted octanol–water partition coefficient (Wildman–Crippen LogP) is 4.85. The molecule has 0 amide bonds. The summed E-state index contributed by atoms with van der Waals surface area (Å²) in [5.41, 5.74) is 0.172. The highest BCUT2D eigenvalue weighted by Crippen LogP contribution is 2.37. The number of halogens is 2. The maximum Gasteiger partial charge on any atom is 0.141 e. The minimum Gasteiger partial charge on any atom is -0.493 e. The van der Waals surface area contributed by atoms with Crippen molar-refractivity contribution in [2.75, 3.05) is 12.4 Å². The molecule has 1 saturated carbocycles. The van der Waals surface area contributed by atoms with E-state index < -0.39 is 0 Å². The van der Waals surface area contributed by atoms with Crippen LogP contribution >= 0.6 is 28.6 Å². The largest absolute Gasteiger partial charge is 0.493 e. The second kappa shape index (κ2) is 6.29. The molecular weight excluding hydrogens is 315 g/mol. The van der Waals surface area contributed by atoms with Crippen molar-refractivity contribution in [2.24, 2.45) is 5.41 Å². The number of hydrogen-bond acceptors (Lipinski definition) is 2. The highest BCUT2D eigenvalue weighted by Gasteiger charge is 2.31. The number of thiol groups is 1. The molecule has 1 fully saturated rings. The zero-order valence-electron chi connectivity index (χ0n) is 10.3. The Bertz CT molecular complexity index is 405. The highest BCUT2D eigenvalue weighted by molar-refractivity contribution is 9.10. The molecule has 0 aromatic heterocycles. The van der Waals surface area contributed by atoms with Gasteiger partial charge >= 0.3 is 0 Å². The lowest BCUT2D eigenvalue weighted by Gasteiger charge is -2.35. The lowest BCUT2D eigenvalue weighted by molar-refractivity contribution is 0.121. The van der Waals surface area contributed by atoms with E-state index in [1.165, 1.54) is 25.3 Å². The molecule has 1 aromatic carbocycles. The average molecular weight is 333 g/mol. The fourth-order valence-electron chi connectivity index (χ4n) is 2.45. The molecule has 0 unspecified atom stereocenters. The van der Waals surface area contributed by atoms with E-state index in [1.807, 2.05) is 0 Å². The Morgan fingerprint density at radius 2 is 2.00 bits per heavy atom. The minimum atomic E-state index is -0.281. The second-order valence-corrected chi connectivity index (χ2v) is 6.25. The summed E-state index contributed by atoms with van der Waals surface area (Å²) in [6, 6.07) is 4.90. The van der Waals surface area contributed by atoms with Crippen molar-refractivity contribution in [1.82, 2.24) is 0 Å². The third-order valence-corrected chi connectivity index (χ3v) is 5.00. The molecule has 1 nitrogen and oxygen atoms in total. The van der Waals surface area contributed by atoms with Gasteiger partial charge in [-0.05, 0) is 46.7 Å². The monoisotopic (exact) mass is 332 g/mol. The molecule has 0 heterocycles. The van der Waals surface area contributed by atoms with Gasteiger partial charge in [0.2, 0.25) is 0 Å². The van der Waals surface area contributed by atoms with Crippen LogP contribution in [-0.4, -0.2) is 12.4 Å². The third-order valence-electron chi connectivity index (χ3n) is 3.69. The van der Waals surface area contributed by atoms with Crippen LogP contribution in [0, 0.1) is 11.2 Å². The summed E-state index contributed by atoms with van der Waals surface area (Å²) in [7, 11) is 0. The molecule has 0 bridgehead atoms. The summed E-state index contributed by atoms with van der Waals surface area (Å²) >= 11 is 7.61. The summed E-state index contributed by atoms with van der Waals surface area (Å²) in [5, 5.41) is 0. The zero-order chi connectivity index (χ0) is 13.0. The normalized spacial score (nSPS) is 18.6. The van der Waals surface area contributed by atoms with E-state index in [9.17, 15) is 4.39 Å². The molecule has 1 aromatic rings. The molecule has 0 aliphatic heterocycles. The smallest absolute Gasteiger partial charge is 0.141 e. The molecule has 4 heteroatoms. The first-order chi connectivity index (χ1) is 8.65. The molecule has 0 atom stereocenters. The van der Waals surface area contributed by atoms with Gasteiger partial charge in [0, 0.05) is 11.5 Å². The Kier molecular flexibility index (Phi) is 4.96. The molecule has 0 N–H and O–H groups in total. The maximum absolute atomic E-state index is 13.4. The Balaban J connectivity index is 1.98. The SMILES string of the molecule is Fc1cc(OCC2(CS)CCCCC2)ccc1Br. The Hall–Kier alpha value is -0.220. The number of hydrogen-bond donors (Lipinski definition) is 1. The Morgan fingerprint density at radius 3 is 2.61 bits per heavy atom. The van der Waals surface area contributed by atoms with E-state index in [0.29, 0.717) is 16.8 Å². The predicted molar refractivity (Wildman–Crippen MR) is 79.0 cm³/mol. The van der Waals surface area contributed by atoms with E-state index in [0.717, 1.165) is 18.6 Å². The van der Waals surface area contributed by atoms with Crippen LogP contribution in [-0.2, 0) is 0 Å². The Morgan fingerprint density at radius 1 is 1.28 bits per heavy atom. The molecular formula is C14H18BrFOS. The molecule has 0 saturated heterocycles. The van der Waals surface area contributed by atoms with Crippen LogP contribution in [0.15, 0.2) is 22.7 Å². The van der Waals surface area contributed by atoms with Gasteiger partial charge in [0.05, 0.1) is 11.1 Å². The van der Waals surface area contributed by atoms with Crippen molar-refractivity contribution in [2.45, 2.75) is 32.1 Å². The zero-order valence-corrected chi connectivity index (χ0v) is 12.8. The van der Waals surface area contributed by atoms with Gasteiger partial charge in [-0.3, -0.25) is 0 Å². The van der Waals surface area contributed by atoms with Crippen molar-refractivity contribution in [1.29, 1.82) is 0 Å². The van der Waals surface area contributed by atoms with E-state index in [2.05, 4.69) is 28.6 Å². The molecule has 2 rings (SSSR count). The molecule has 0 radical (unpaired) electrons. The van der Waals surface area contributed by atoms with Crippen LogP contribution in [0.2, 0.25) is 0 Å². The lowest BCUT2D eigenvalue weighted by atomic mass is 9.76. The quantitative estimate of drug-likeness (QED) is 0.775.